The highest BCUT2D eigenvalue weighted by atomic mass is 16.4. The maximum atomic E-state index is 11.6. The summed E-state index contributed by atoms with van der Waals surface area (Å²) >= 11 is 0. The number of carboxylic acids is 1. The lowest BCUT2D eigenvalue weighted by atomic mass is 9.99. The average molecular weight is 230 g/mol. The van der Waals surface area contributed by atoms with Crippen LogP contribution in [0.2, 0.25) is 0 Å². The molecule has 0 saturated heterocycles. The van der Waals surface area contributed by atoms with Gasteiger partial charge in [0.2, 0.25) is 5.91 Å². The summed E-state index contributed by atoms with van der Waals surface area (Å²) in [4.78, 5) is 22.3. The summed E-state index contributed by atoms with van der Waals surface area (Å²) in [5.74, 6) is -1.59. The third-order valence-corrected chi connectivity index (χ3v) is 2.92. The quantitative estimate of drug-likeness (QED) is 0.596. The van der Waals surface area contributed by atoms with Gasteiger partial charge in [-0.25, -0.2) is 0 Å². The largest absolute Gasteiger partial charge is 0.481 e. The Morgan fingerprint density at radius 2 is 1.88 bits per heavy atom. The van der Waals surface area contributed by atoms with E-state index in [1.165, 1.54) is 0 Å². The van der Waals surface area contributed by atoms with Gasteiger partial charge in [0.25, 0.3) is 0 Å². The van der Waals surface area contributed by atoms with E-state index in [4.69, 9.17) is 10.8 Å². The van der Waals surface area contributed by atoms with Gasteiger partial charge in [0.05, 0.1) is 12.0 Å². The van der Waals surface area contributed by atoms with Gasteiger partial charge in [0.15, 0.2) is 0 Å². The second kappa shape index (κ2) is 7.22. The van der Waals surface area contributed by atoms with E-state index in [9.17, 15) is 9.59 Å². The molecule has 0 spiro atoms. The van der Waals surface area contributed by atoms with Gasteiger partial charge < -0.3 is 16.2 Å². The average Bonchev–Trinajstić information content (AvgIpc) is 2.26. The normalized spacial score (nSPS) is 16.2. The minimum atomic E-state index is -0.889. The predicted octanol–water partition coefficient (Wildman–Crippen LogP) is 0.587. The minimum absolute atomic E-state index is 0.102. The number of rotatable bonds is 7. The monoisotopic (exact) mass is 230 g/mol. The number of hydrogen-bond acceptors (Lipinski definition) is 3. The first-order valence-electron chi connectivity index (χ1n) is 5.70. The Bertz CT molecular complexity index is 243. The maximum absolute atomic E-state index is 11.6. The Morgan fingerprint density at radius 1 is 1.31 bits per heavy atom. The fourth-order valence-corrected chi connectivity index (χ4v) is 1.26. The van der Waals surface area contributed by atoms with Crippen LogP contribution in [0.25, 0.3) is 0 Å². The van der Waals surface area contributed by atoms with Crippen molar-refractivity contribution in [3.8, 4) is 0 Å². The van der Waals surface area contributed by atoms with Gasteiger partial charge in [-0.15, -0.1) is 0 Å². The molecule has 5 nitrogen and oxygen atoms in total. The van der Waals surface area contributed by atoms with E-state index < -0.39 is 17.9 Å². The fourth-order valence-electron chi connectivity index (χ4n) is 1.26. The number of hydrogen-bond donors (Lipinski definition) is 3. The molecule has 0 aromatic rings. The van der Waals surface area contributed by atoms with Crippen molar-refractivity contribution in [3.05, 3.63) is 0 Å². The van der Waals surface area contributed by atoms with E-state index in [1.54, 1.807) is 6.92 Å². The van der Waals surface area contributed by atoms with Crippen molar-refractivity contribution in [2.24, 2.45) is 17.6 Å². The molecule has 0 rings (SSSR count). The Hall–Kier alpha value is -1.10. The van der Waals surface area contributed by atoms with Crippen LogP contribution in [0.15, 0.2) is 0 Å². The number of carbonyl (C=O) groups excluding carboxylic acids is 1. The molecule has 3 unspecified atom stereocenters. The standard InChI is InChI=1S/C11H22N2O3/c1-4-7(3)9(12)10(14)13-6-8(5-2)11(15)16/h7-9H,4-6,12H2,1-3H3,(H,13,14)(H,15,16). The van der Waals surface area contributed by atoms with Crippen molar-refractivity contribution < 1.29 is 14.7 Å². The van der Waals surface area contributed by atoms with Crippen molar-refractivity contribution in [1.29, 1.82) is 0 Å². The molecule has 0 aromatic heterocycles. The number of carboxylic acid groups (broad SMARTS) is 1. The second-order valence-electron chi connectivity index (χ2n) is 4.10. The lowest BCUT2D eigenvalue weighted by molar-refractivity contribution is -0.141. The molecule has 94 valence electrons. The van der Waals surface area contributed by atoms with E-state index in [0.29, 0.717) is 6.42 Å². The lowest BCUT2D eigenvalue weighted by Crippen LogP contribution is -2.46. The molecule has 0 radical (unpaired) electrons. The van der Waals surface area contributed by atoms with Crippen LogP contribution in [0.5, 0.6) is 0 Å². The van der Waals surface area contributed by atoms with Gasteiger partial charge in [0.1, 0.15) is 0 Å². The van der Waals surface area contributed by atoms with Crippen molar-refractivity contribution >= 4 is 11.9 Å². The van der Waals surface area contributed by atoms with E-state index in [0.717, 1.165) is 6.42 Å². The van der Waals surface area contributed by atoms with Gasteiger partial charge in [-0.05, 0) is 12.3 Å². The maximum Gasteiger partial charge on any atom is 0.308 e. The molecule has 0 aromatic carbocycles. The van der Waals surface area contributed by atoms with Crippen LogP contribution in [0.4, 0.5) is 0 Å². The second-order valence-corrected chi connectivity index (χ2v) is 4.10. The minimum Gasteiger partial charge on any atom is -0.481 e. The molecule has 3 atom stereocenters. The Labute approximate surface area is 96.4 Å². The van der Waals surface area contributed by atoms with Crippen molar-refractivity contribution in [1.82, 2.24) is 5.32 Å². The van der Waals surface area contributed by atoms with E-state index >= 15 is 0 Å². The van der Waals surface area contributed by atoms with Crippen LogP contribution in [-0.4, -0.2) is 29.6 Å². The molecule has 0 aliphatic heterocycles. The first-order chi connectivity index (χ1) is 7.43. The smallest absolute Gasteiger partial charge is 0.308 e. The van der Waals surface area contributed by atoms with Crippen LogP contribution in [-0.2, 0) is 9.59 Å². The van der Waals surface area contributed by atoms with Gasteiger partial charge in [0, 0.05) is 6.54 Å². The molecule has 0 bridgehead atoms. The topological polar surface area (TPSA) is 92.4 Å². The van der Waals surface area contributed by atoms with Crippen LogP contribution < -0.4 is 11.1 Å². The molecule has 0 aliphatic rings. The zero-order chi connectivity index (χ0) is 12.7. The van der Waals surface area contributed by atoms with E-state index in [1.807, 2.05) is 13.8 Å². The molecule has 1 amide bonds. The Morgan fingerprint density at radius 3 is 2.25 bits per heavy atom. The summed E-state index contributed by atoms with van der Waals surface area (Å²) in [6.45, 7) is 5.79. The highest BCUT2D eigenvalue weighted by molar-refractivity contribution is 5.82. The molecular weight excluding hydrogens is 208 g/mol. The highest BCUT2D eigenvalue weighted by Gasteiger charge is 2.21. The third-order valence-electron chi connectivity index (χ3n) is 2.92. The van der Waals surface area contributed by atoms with Crippen molar-refractivity contribution in [3.63, 3.8) is 0 Å². The molecule has 0 saturated carbocycles. The zero-order valence-electron chi connectivity index (χ0n) is 10.2. The molecule has 0 fully saturated rings. The predicted molar refractivity (Wildman–Crippen MR) is 61.9 cm³/mol. The van der Waals surface area contributed by atoms with Crippen LogP contribution in [0.3, 0.4) is 0 Å². The highest BCUT2D eigenvalue weighted by Crippen LogP contribution is 2.06. The SMILES string of the molecule is CCC(CNC(=O)C(N)C(C)CC)C(=O)O. The summed E-state index contributed by atoms with van der Waals surface area (Å²) in [7, 11) is 0. The van der Waals surface area contributed by atoms with Gasteiger partial charge >= 0.3 is 5.97 Å². The van der Waals surface area contributed by atoms with Crippen LogP contribution in [0, 0.1) is 11.8 Å². The fraction of sp³-hybridized carbons (Fsp3) is 0.818. The number of amides is 1. The van der Waals surface area contributed by atoms with Crippen molar-refractivity contribution in [2.45, 2.75) is 39.7 Å². The van der Waals surface area contributed by atoms with Gasteiger partial charge in [-0.3, -0.25) is 9.59 Å². The summed E-state index contributed by atoms with van der Waals surface area (Å²) in [6.07, 6.45) is 1.32. The zero-order valence-corrected chi connectivity index (χ0v) is 10.2. The van der Waals surface area contributed by atoms with Crippen LogP contribution in [0.1, 0.15) is 33.6 Å². The molecule has 5 heteroatoms. The number of carbonyl (C=O) groups is 2. The molecule has 16 heavy (non-hydrogen) atoms. The first kappa shape index (κ1) is 14.9. The third kappa shape index (κ3) is 4.61. The van der Waals surface area contributed by atoms with Gasteiger partial charge in [-0.1, -0.05) is 27.2 Å². The summed E-state index contributed by atoms with van der Waals surface area (Å²) in [6, 6.07) is -0.559. The van der Waals surface area contributed by atoms with Crippen molar-refractivity contribution in [2.75, 3.05) is 6.54 Å². The molecule has 0 aliphatic carbocycles. The lowest BCUT2D eigenvalue weighted by Gasteiger charge is -2.19. The van der Waals surface area contributed by atoms with Crippen LogP contribution >= 0.6 is 0 Å². The van der Waals surface area contributed by atoms with E-state index in [-0.39, 0.29) is 18.4 Å². The molecular formula is C11H22N2O3. The number of nitrogens with one attached hydrogen (secondary N) is 1. The Balaban J connectivity index is 4.10. The summed E-state index contributed by atoms with van der Waals surface area (Å²) in [5, 5.41) is 11.4. The summed E-state index contributed by atoms with van der Waals surface area (Å²) < 4.78 is 0. The molecule has 0 heterocycles. The Kier molecular flexibility index (Phi) is 6.72. The number of nitrogens with two attached hydrogens (primary N) is 1. The molecule has 4 N–H and O–H groups in total. The summed E-state index contributed by atoms with van der Waals surface area (Å²) in [5.41, 5.74) is 5.72. The number of aliphatic carboxylic acids is 1. The first-order valence-corrected chi connectivity index (χ1v) is 5.70. The van der Waals surface area contributed by atoms with Gasteiger partial charge in [-0.2, -0.15) is 0 Å². The van der Waals surface area contributed by atoms with E-state index in [2.05, 4.69) is 5.32 Å².